The quantitative estimate of drug-likeness (QED) is 0.289. The summed E-state index contributed by atoms with van der Waals surface area (Å²) in [6.45, 7) is 9.15. The van der Waals surface area contributed by atoms with Crippen molar-refractivity contribution in [2.24, 2.45) is 0 Å². The molecule has 3 aromatic rings. The van der Waals surface area contributed by atoms with E-state index in [0.717, 1.165) is 27.4 Å². The van der Waals surface area contributed by atoms with Crippen LogP contribution in [0.15, 0.2) is 77.7 Å². The van der Waals surface area contributed by atoms with Crippen molar-refractivity contribution in [1.29, 1.82) is 0 Å². The summed E-state index contributed by atoms with van der Waals surface area (Å²) in [6.07, 6.45) is 1.10. The monoisotopic (exact) mass is 583 g/mol. The van der Waals surface area contributed by atoms with Crippen molar-refractivity contribution in [2.45, 2.75) is 71.0 Å². The number of nitrogens with one attached hydrogen (secondary N) is 1. The number of sulfonamides is 1. The maximum atomic E-state index is 14.1. The highest BCUT2D eigenvalue weighted by Crippen LogP contribution is 2.31. The second-order valence-corrected chi connectivity index (χ2v) is 12.2. The van der Waals surface area contributed by atoms with Gasteiger partial charge in [-0.2, -0.15) is 0 Å². The Balaban J connectivity index is 2.08. The van der Waals surface area contributed by atoms with E-state index in [4.69, 9.17) is 11.6 Å². The number of nitrogens with zero attached hydrogens (tertiary/aromatic N) is 2. The Bertz CT molecular complexity index is 1430. The molecule has 7 nitrogen and oxygen atoms in total. The number of benzene rings is 3. The summed E-state index contributed by atoms with van der Waals surface area (Å²) in [5.74, 6) is -0.783. The van der Waals surface area contributed by atoms with Gasteiger partial charge in [-0.15, -0.1) is 0 Å². The molecule has 40 heavy (non-hydrogen) atoms. The van der Waals surface area contributed by atoms with Crippen molar-refractivity contribution in [3.63, 3.8) is 0 Å². The molecular formula is C31H38ClN3O4S. The number of para-hydroxylation sites is 1. The summed E-state index contributed by atoms with van der Waals surface area (Å²) in [5.41, 5.74) is 2.93. The van der Waals surface area contributed by atoms with Crippen LogP contribution in [0.5, 0.6) is 0 Å². The van der Waals surface area contributed by atoms with E-state index in [9.17, 15) is 18.0 Å². The van der Waals surface area contributed by atoms with Crippen LogP contribution in [0.25, 0.3) is 0 Å². The standard InChI is InChI=1S/C31H38ClN3O4S/c1-6-24(5)33-31(37)28(7-2)34(20-25-13-9-8-12-23(25)4)30(36)21-35(29-15-11-10-14-27(29)32)40(38,39)26-18-16-22(3)17-19-26/h8-19,24,28H,6-7,20-21H2,1-5H3,(H,33,37)/t24-,28-/m1/s1. The minimum atomic E-state index is -4.18. The van der Waals surface area contributed by atoms with E-state index >= 15 is 0 Å². The third-order valence-corrected chi connectivity index (χ3v) is 9.09. The summed E-state index contributed by atoms with van der Waals surface area (Å²) in [5, 5.41) is 3.18. The highest BCUT2D eigenvalue weighted by atomic mass is 35.5. The third-order valence-electron chi connectivity index (χ3n) is 7.00. The van der Waals surface area contributed by atoms with Crippen LogP contribution >= 0.6 is 11.6 Å². The van der Waals surface area contributed by atoms with Crippen LogP contribution in [0.3, 0.4) is 0 Å². The molecule has 0 fully saturated rings. The van der Waals surface area contributed by atoms with Gasteiger partial charge in [0.05, 0.1) is 15.6 Å². The van der Waals surface area contributed by atoms with Crippen molar-refractivity contribution in [3.8, 4) is 0 Å². The Labute approximate surface area is 243 Å². The van der Waals surface area contributed by atoms with E-state index < -0.39 is 28.5 Å². The summed E-state index contributed by atoms with van der Waals surface area (Å²) >= 11 is 6.47. The van der Waals surface area contributed by atoms with Gasteiger partial charge in [0.1, 0.15) is 12.6 Å². The molecule has 2 amide bonds. The smallest absolute Gasteiger partial charge is 0.264 e. The highest BCUT2D eigenvalue weighted by Gasteiger charge is 2.34. The first kappa shape index (κ1) is 31.2. The number of aryl methyl sites for hydroxylation is 2. The average molecular weight is 584 g/mol. The maximum absolute atomic E-state index is 14.1. The number of rotatable bonds is 12. The van der Waals surface area contributed by atoms with E-state index in [-0.39, 0.29) is 34.1 Å². The highest BCUT2D eigenvalue weighted by molar-refractivity contribution is 7.92. The van der Waals surface area contributed by atoms with Crippen LogP contribution < -0.4 is 9.62 Å². The number of amides is 2. The van der Waals surface area contributed by atoms with E-state index in [1.165, 1.54) is 17.0 Å². The van der Waals surface area contributed by atoms with Crippen LogP contribution in [-0.2, 0) is 26.2 Å². The fourth-order valence-electron chi connectivity index (χ4n) is 4.34. The van der Waals surface area contributed by atoms with Gasteiger partial charge in [0.15, 0.2) is 0 Å². The molecular weight excluding hydrogens is 546 g/mol. The number of hydrogen-bond donors (Lipinski definition) is 1. The van der Waals surface area contributed by atoms with Crippen molar-refractivity contribution >= 4 is 39.1 Å². The third kappa shape index (κ3) is 7.43. The lowest BCUT2D eigenvalue weighted by Gasteiger charge is -2.34. The lowest BCUT2D eigenvalue weighted by molar-refractivity contribution is -0.140. The molecule has 1 N–H and O–H groups in total. The normalized spacial score (nSPS) is 12.8. The summed E-state index contributed by atoms with van der Waals surface area (Å²) in [6, 6.07) is 19.7. The number of hydrogen-bond acceptors (Lipinski definition) is 4. The van der Waals surface area contributed by atoms with E-state index in [2.05, 4.69) is 5.32 Å². The van der Waals surface area contributed by atoms with Gasteiger partial charge in [0.25, 0.3) is 10.0 Å². The first-order chi connectivity index (χ1) is 19.0. The van der Waals surface area contributed by atoms with Crippen molar-refractivity contribution in [1.82, 2.24) is 10.2 Å². The fourth-order valence-corrected chi connectivity index (χ4v) is 6.06. The maximum Gasteiger partial charge on any atom is 0.264 e. The van der Waals surface area contributed by atoms with Crippen molar-refractivity contribution in [2.75, 3.05) is 10.8 Å². The number of carbonyl (C=O) groups excluding carboxylic acids is 2. The van der Waals surface area contributed by atoms with Gasteiger partial charge >= 0.3 is 0 Å². The molecule has 0 saturated heterocycles. The van der Waals surface area contributed by atoms with Crippen LogP contribution in [-0.4, -0.2) is 43.8 Å². The predicted octanol–water partition coefficient (Wildman–Crippen LogP) is 5.87. The van der Waals surface area contributed by atoms with Crippen LogP contribution in [0.1, 0.15) is 50.3 Å². The van der Waals surface area contributed by atoms with E-state index in [0.29, 0.717) is 6.42 Å². The molecule has 3 aromatic carbocycles. The number of anilines is 1. The largest absolute Gasteiger partial charge is 0.352 e. The van der Waals surface area contributed by atoms with Crippen molar-refractivity contribution in [3.05, 3.63) is 94.5 Å². The minimum Gasteiger partial charge on any atom is -0.352 e. The Kier molecular flexibility index (Phi) is 10.8. The average Bonchev–Trinajstić information content (AvgIpc) is 2.93. The first-order valence-electron chi connectivity index (χ1n) is 13.5. The van der Waals surface area contributed by atoms with Gasteiger partial charge in [-0.25, -0.2) is 8.42 Å². The van der Waals surface area contributed by atoms with Gasteiger partial charge in [-0.1, -0.05) is 79.5 Å². The second kappa shape index (κ2) is 13.8. The summed E-state index contributed by atoms with van der Waals surface area (Å²) < 4.78 is 28.9. The zero-order valence-electron chi connectivity index (χ0n) is 23.7. The molecule has 2 atom stereocenters. The summed E-state index contributed by atoms with van der Waals surface area (Å²) in [7, 11) is -4.18. The molecule has 0 unspecified atom stereocenters. The Morgan fingerprint density at radius 1 is 0.900 bits per heavy atom. The predicted molar refractivity (Wildman–Crippen MR) is 161 cm³/mol. The zero-order valence-corrected chi connectivity index (χ0v) is 25.3. The lowest BCUT2D eigenvalue weighted by Crippen LogP contribution is -2.53. The first-order valence-corrected chi connectivity index (χ1v) is 15.3. The molecule has 0 aromatic heterocycles. The molecule has 0 aliphatic carbocycles. The number of carbonyl (C=O) groups is 2. The topological polar surface area (TPSA) is 86.8 Å². The van der Waals surface area contributed by atoms with Crippen LogP contribution in [0, 0.1) is 13.8 Å². The molecule has 0 bridgehead atoms. The Hall–Kier alpha value is -3.36. The molecule has 9 heteroatoms. The lowest BCUT2D eigenvalue weighted by atomic mass is 10.1. The Morgan fingerprint density at radius 2 is 1.52 bits per heavy atom. The second-order valence-electron chi connectivity index (χ2n) is 9.97. The van der Waals surface area contributed by atoms with Gasteiger partial charge in [-0.3, -0.25) is 13.9 Å². The molecule has 0 aliphatic rings. The van der Waals surface area contributed by atoms with Gasteiger partial charge in [0, 0.05) is 12.6 Å². The SMILES string of the molecule is CC[C@@H](C)NC(=O)[C@@H](CC)N(Cc1ccccc1C)C(=O)CN(c1ccccc1Cl)S(=O)(=O)c1ccc(C)cc1. The molecule has 0 aliphatic heterocycles. The van der Waals surface area contributed by atoms with Gasteiger partial charge < -0.3 is 10.2 Å². The van der Waals surface area contributed by atoms with E-state index in [1.807, 2.05) is 58.9 Å². The van der Waals surface area contributed by atoms with Gasteiger partial charge in [0.2, 0.25) is 11.8 Å². The fraction of sp³-hybridized carbons (Fsp3) is 0.355. The zero-order chi connectivity index (χ0) is 29.4. The Morgan fingerprint density at radius 3 is 2.12 bits per heavy atom. The van der Waals surface area contributed by atoms with Crippen molar-refractivity contribution < 1.29 is 18.0 Å². The minimum absolute atomic E-state index is 0.0397. The molecule has 0 heterocycles. The molecule has 3 rings (SSSR count). The molecule has 214 valence electrons. The van der Waals surface area contributed by atoms with Crippen LogP contribution in [0.4, 0.5) is 5.69 Å². The van der Waals surface area contributed by atoms with Crippen LogP contribution in [0.2, 0.25) is 5.02 Å². The molecule has 0 radical (unpaired) electrons. The number of halogens is 1. The van der Waals surface area contributed by atoms with E-state index in [1.54, 1.807) is 36.4 Å². The molecule has 0 saturated carbocycles. The van der Waals surface area contributed by atoms with Gasteiger partial charge in [-0.05, 0) is 69.0 Å². The summed E-state index contributed by atoms with van der Waals surface area (Å²) in [4.78, 5) is 29.0. The molecule has 0 spiro atoms.